The lowest BCUT2D eigenvalue weighted by molar-refractivity contribution is 1.18. The van der Waals surface area contributed by atoms with Gasteiger partial charge < -0.3 is 9.47 Å². The van der Waals surface area contributed by atoms with Crippen LogP contribution in [0.4, 0.5) is 17.1 Å². The Balaban J connectivity index is 1.28. The van der Waals surface area contributed by atoms with Gasteiger partial charge in [0.1, 0.15) is 0 Å². The first-order chi connectivity index (χ1) is 28.8. The largest absolute Gasteiger partial charge is 0.309 e. The minimum Gasteiger partial charge on any atom is -0.309 e. The molecule has 0 bridgehead atoms. The van der Waals surface area contributed by atoms with Gasteiger partial charge in [0, 0.05) is 38.8 Å². The van der Waals surface area contributed by atoms with Crippen molar-refractivity contribution >= 4 is 60.4 Å². The SMILES string of the molecule is c1ccc(-c2cccc(N(c3ccc4c(c3)c3c(-c5ccccc5)cccc3n4-c3ccccc3)c3c(-c4ccccc4)c4ccccc4c4ccccc34)c2)cc1. The van der Waals surface area contributed by atoms with Gasteiger partial charge in [-0.3, -0.25) is 0 Å². The quantitative estimate of drug-likeness (QED) is 0.148. The standard InChI is InChI=1S/C56H38N2/c1-5-19-39(20-6-1)42-25-17-28-44(37-42)57(56-50-32-16-14-30-48(50)47-29-13-15-31-49(47)54(56)41-23-9-3-10-24-41)45-35-36-52-51(38-45)55-46(40-21-7-2-8-22-40)33-18-34-53(55)58(52)43-26-11-4-12-27-43/h1-38H. The van der Waals surface area contributed by atoms with E-state index in [9.17, 15) is 0 Å². The predicted octanol–water partition coefficient (Wildman–Crippen LogP) is 15.6. The lowest BCUT2D eigenvalue weighted by atomic mass is 9.90. The molecule has 0 aliphatic carbocycles. The highest BCUT2D eigenvalue weighted by Gasteiger charge is 2.25. The summed E-state index contributed by atoms with van der Waals surface area (Å²) in [4.78, 5) is 2.51. The molecule has 10 aromatic carbocycles. The first-order valence-electron chi connectivity index (χ1n) is 19.9. The first-order valence-corrected chi connectivity index (χ1v) is 19.9. The molecule has 0 fully saturated rings. The molecule has 2 nitrogen and oxygen atoms in total. The zero-order valence-corrected chi connectivity index (χ0v) is 31.8. The first kappa shape index (κ1) is 33.6. The van der Waals surface area contributed by atoms with E-state index in [0.717, 1.165) is 28.3 Å². The van der Waals surface area contributed by atoms with E-state index in [1.807, 2.05) is 0 Å². The summed E-state index contributed by atoms with van der Waals surface area (Å²) in [6.45, 7) is 0. The molecular weight excluding hydrogens is 701 g/mol. The van der Waals surface area contributed by atoms with E-state index in [2.05, 4.69) is 240 Å². The smallest absolute Gasteiger partial charge is 0.0624 e. The monoisotopic (exact) mass is 738 g/mol. The molecule has 0 aliphatic rings. The highest BCUT2D eigenvalue weighted by atomic mass is 15.1. The third-order valence-corrected chi connectivity index (χ3v) is 11.5. The Kier molecular flexibility index (Phi) is 8.19. The minimum absolute atomic E-state index is 1.09. The highest BCUT2D eigenvalue weighted by Crippen LogP contribution is 2.51. The average Bonchev–Trinajstić information content (AvgIpc) is 3.64. The zero-order valence-electron chi connectivity index (χ0n) is 31.8. The van der Waals surface area contributed by atoms with Gasteiger partial charge in [0.2, 0.25) is 0 Å². The number of hydrogen-bond donors (Lipinski definition) is 0. The summed E-state index contributed by atoms with van der Waals surface area (Å²) in [6.07, 6.45) is 0. The Bertz CT molecular complexity index is 3260. The van der Waals surface area contributed by atoms with Gasteiger partial charge in [0.25, 0.3) is 0 Å². The summed E-state index contributed by atoms with van der Waals surface area (Å²) in [5, 5.41) is 7.32. The fourth-order valence-corrected chi connectivity index (χ4v) is 9.03. The van der Waals surface area contributed by atoms with Crippen molar-refractivity contribution in [2.45, 2.75) is 0 Å². The molecule has 0 atom stereocenters. The topological polar surface area (TPSA) is 8.17 Å². The summed E-state index contributed by atoms with van der Waals surface area (Å²) < 4.78 is 2.42. The number of aromatic nitrogens is 1. The third kappa shape index (κ3) is 5.57. The second-order valence-electron chi connectivity index (χ2n) is 14.9. The summed E-state index contributed by atoms with van der Waals surface area (Å²) >= 11 is 0. The lowest BCUT2D eigenvalue weighted by Crippen LogP contribution is -2.12. The summed E-state index contributed by atoms with van der Waals surface area (Å²) in [7, 11) is 0. The van der Waals surface area contributed by atoms with Crippen molar-refractivity contribution in [2.24, 2.45) is 0 Å². The van der Waals surface area contributed by atoms with Crippen LogP contribution in [0, 0.1) is 0 Å². The van der Waals surface area contributed by atoms with Crippen molar-refractivity contribution in [3.8, 4) is 39.1 Å². The molecule has 0 spiro atoms. The third-order valence-electron chi connectivity index (χ3n) is 11.5. The van der Waals surface area contributed by atoms with E-state index in [4.69, 9.17) is 0 Å². The summed E-state index contributed by atoms with van der Waals surface area (Å²) in [6, 6.07) is 83.8. The van der Waals surface area contributed by atoms with Gasteiger partial charge in [-0.15, -0.1) is 0 Å². The maximum atomic E-state index is 2.51. The van der Waals surface area contributed by atoms with E-state index >= 15 is 0 Å². The number of benzene rings is 10. The van der Waals surface area contributed by atoms with Crippen LogP contribution in [0.1, 0.15) is 0 Å². The van der Waals surface area contributed by atoms with Crippen LogP contribution in [0.25, 0.3) is 82.4 Å². The molecule has 11 aromatic rings. The number of nitrogens with zero attached hydrogens (tertiary/aromatic N) is 2. The van der Waals surface area contributed by atoms with E-state index in [-0.39, 0.29) is 0 Å². The van der Waals surface area contributed by atoms with Crippen LogP contribution in [0.5, 0.6) is 0 Å². The molecule has 272 valence electrons. The second-order valence-corrected chi connectivity index (χ2v) is 14.9. The van der Waals surface area contributed by atoms with Crippen LogP contribution in [0.3, 0.4) is 0 Å². The van der Waals surface area contributed by atoms with Gasteiger partial charge in [-0.25, -0.2) is 0 Å². The number of anilines is 3. The van der Waals surface area contributed by atoms with Crippen LogP contribution in [-0.2, 0) is 0 Å². The van der Waals surface area contributed by atoms with Gasteiger partial charge in [0.15, 0.2) is 0 Å². The number of fused-ring (bicyclic) bond motifs is 6. The fraction of sp³-hybridized carbons (Fsp3) is 0. The Morgan fingerprint density at radius 2 is 0.845 bits per heavy atom. The maximum absolute atomic E-state index is 2.51. The van der Waals surface area contributed by atoms with Crippen LogP contribution < -0.4 is 4.90 Å². The second kappa shape index (κ2) is 14.1. The molecule has 0 unspecified atom stereocenters. The van der Waals surface area contributed by atoms with Crippen molar-refractivity contribution in [3.63, 3.8) is 0 Å². The molecule has 0 N–H and O–H groups in total. The Labute approximate surface area is 338 Å². The molecule has 0 saturated carbocycles. The molecule has 0 radical (unpaired) electrons. The molecule has 0 amide bonds. The maximum Gasteiger partial charge on any atom is 0.0624 e. The van der Waals surface area contributed by atoms with Crippen LogP contribution in [-0.4, -0.2) is 4.57 Å². The van der Waals surface area contributed by atoms with Crippen molar-refractivity contribution in [3.05, 3.63) is 231 Å². The fourth-order valence-electron chi connectivity index (χ4n) is 9.03. The summed E-state index contributed by atoms with van der Waals surface area (Å²) in [5.41, 5.74) is 14.0. The Morgan fingerprint density at radius 1 is 0.310 bits per heavy atom. The molecule has 1 aromatic heterocycles. The van der Waals surface area contributed by atoms with Crippen LogP contribution >= 0.6 is 0 Å². The van der Waals surface area contributed by atoms with Crippen molar-refractivity contribution in [2.75, 3.05) is 4.90 Å². The van der Waals surface area contributed by atoms with Gasteiger partial charge in [-0.1, -0.05) is 182 Å². The molecule has 0 saturated heterocycles. The molecule has 2 heteroatoms. The predicted molar refractivity (Wildman–Crippen MR) is 247 cm³/mol. The minimum atomic E-state index is 1.09. The van der Waals surface area contributed by atoms with Gasteiger partial charge in [-0.05, 0) is 92.5 Å². The molecular formula is C56H38N2. The Morgan fingerprint density at radius 3 is 1.55 bits per heavy atom. The number of hydrogen-bond acceptors (Lipinski definition) is 1. The Hall–Kier alpha value is -7.68. The van der Waals surface area contributed by atoms with Crippen LogP contribution in [0.2, 0.25) is 0 Å². The van der Waals surface area contributed by atoms with E-state index < -0.39 is 0 Å². The molecule has 0 aliphatic heterocycles. The number of para-hydroxylation sites is 1. The zero-order chi connectivity index (χ0) is 38.4. The lowest BCUT2D eigenvalue weighted by Gasteiger charge is -2.31. The molecule has 58 heavy (non-hydrogen) atoms. The van der Waals surface area contributed by atoms with Crippen molar-refractivity contribution in [1.29, 1.82) is 0 Å². The number of rotatable bonds is 7. The van der Waals surface area contributed by atoms with Gasteiger partial charge >= 0.3 is 0 Å². The van der Waals surface area contributed by atoms with E-state index in [0.29, 0.717) is 0 Å². The molecule has 1 heterocycles. The average molecular weight is 739 g/mol. The van der Waals surface area contributed by atoms with E-state index in [1.54, 1.807) is 0 Å². The van der Waals surface area contributed by atoms with Crippen molar-refractivity contribution in [1.82, 2.24) is 4.57 Å². The van der Waals surface area contributed by atoms with Crippen molar-refractivity contribution < 1.29 is 0 Å². The van der Waals surface area contributed by atoms with Gasteiger partial charge in [0.05, 0.1) is 16.7 Å². The normalized spacial score (nSPS) is 11.4. The van der Waals surface area contributed by atoms with Crippen LogP contribution in [0.15, 0.2) is 231 Å². The van der Waals surface area contributed by atoms with Gasteiger partial charge in [-0.2, -0.15) is 0 Å². The van der Waals surface area contributed by atoms with E-state index in [1.165, 1.54) is 71.2 Å². The highest BCUT2D eigenvalue weighted by molar-refractivity contribution is 6.23. The summed E-state index contributed by atoms with van der Waals surface area (Å²) in [5.74, 6) is 0. The molecule has 11 rings (SSSR count).